The predicted molar refractivity (Wildman–Crippen MR) is 125 cm³/mol. The number of aromatic nitrogens is 4. The summed E-state index contributed by atoms with van der Waals surface area (Å²) >= 11 is 12.3. The molecule has 1 aliphatic rings. The maximum Gasteiger partial charge on any atom is 0.273 e. The number of nitrogens with zero attached hydrogens (tertiary/aromatic N) is 3. The summed E-state index contributed by atoms with van der Waals surface area (Å²) in [6.45, 7) is 4.39. The Morgan fingerprint density at radius 2 is 1.94 bits per heavy atom. The van der Waals surface area contributed by atoms with Crippen LogP contribution < -0.4 is 14.8 Å². The molecule has 1 aliphatic heterocycles. The van der Waals surface area contributed by atoms with Gasteiger partial charge in [0, 0.05) is 15.6 Å². The van der Waals surface area contributed by atoms with Crippen molar-refractivity contribution in [1.29, 1.82) is 0 Å². The van der Waals surface area contributed by atoms with Crippen LogP contribution >= 0.6 is 23.2 Å². The van der Waals surface area contributed by atoms with Gasteiger partial charge in [-0.1, -0.05) is 29.3 Å². The third-order valence-corrected chi connectivity index (χ3v) is 6.03. The lowest BCUT2D eigenvalue weighted by molar-refractivity contribution is 0.102. The van der Waals surface area contributed by atoms with Crippen LogP contribution in [-0.2, 0) is 6.54 Å². The number of carbonyl (C=O) groups is 1. The number of halogens is 2. The monoisotopic (exact) mass is 483 g/mol. The van der Waals surface area contributed by atoms with Gasteiger partial charge in [0.05, 0.1) is 29.3 Å². The molecule has 2 N–H and O–H groups in total. The summed E-state index contributed by atoms with van der Waals surface area (Å²) < 4.78 is 12.5. The Bertz CT molecular complexity index is 1380. The molecule has 168 valence electrons. The topological polar surface area (TPSA) is 94.1 Å². The maximum atomic E-state index is 12.9. The SMILES string of the molecule is Cc1nn(Cc2ccc(Cl)cc2Cl)c(C)c1NC(=O)c1cc(-c2ccc3c(c2)OCO3)n[nH]1. The normalized spacial score (nSPS) is 12.2. The van der Waals surface area contributed by atoms with Gasteiger partial charge in [-0.25, -0.2) is 0 Å². The Kier molecular flexibility index (Phi) is 5.47. The van der Waals surface area contributed by atoms with E-state index in [2.05, 4.69) is 20.6 Å². The first-order valence-corrected chi connectivity index (χ1v) is 10.9. The van der Waals surface area contributed by atoms with Crippen molar-refractivity contribution in [2.24, 2.45) is 0 Å². The number of ether oxygens (including phenoxy) is 2. The summed E-state index contributed by atoms with van der Waals surface area (Å²) in [6, 6.07) is 12.6. The van der Waals surface area contributed by atoms with Crippen LogP contribution in [0.3, 0.4) is 0 Å². The molecule has 1 amide bonds. The number of carbonyl (C=O) groups excluding carboxylic acids is 1. The Labute approximate surface area is 199 Å². The molecule has 4 aromatic rings. The van der Waals surface area contributed by atoms with Crippen LogP contribution in [-0.4, -0.2) is 32.7 Å². The predicted octanol–water partition coefficient (Wildman–Crippen LogP) is 5.23. The Morgan fingerprint density at radius 1 is 1.12 bits per heavy atom. The smallest absolute Gasteiger partial charge is 0.273 e. The van der Waals surface area contributed by atoms with Crippen LogP contribution in [0.1, 0.15) is 27.4 Å². The molecule has 5 rings (SSSR count). The van der Waals surface area contributed by atoms with Crippen molar-refractivity contribution in [2.45, 2.75) is 20.4 Å². The number of amides is 1. The summed E-state index contributed by atoms with van der Waals surface area (Å²) in [7, 11) is 0. The van der Waals surface area contributed by atoms with Crippen LogP contribution in [0.4, 0.5) is 5.69 Å². The molecule has 0 fully saturated rings. The average molecular weight is 484 g/mol. The second kappa shape index (κ2) is 8.46. The fourth-order valence-corrected chi connectivity index (χ4v) is 4.13. The minimum absolute atomic E-state index is 0.198. The van der Waals surface area contributed by atoms with Crippen molar-refractivity contribution in [1.82, 2.24) is 20.0 Å². The van der Waals surface area contributed by atoms with Gasteiger partial charge in [0.25, 0.3) is 5.91 Å². The first-order chi connectivity index (χ1) is 15.9. The summed E-state index contributed by atoms with van der Waals surface area (Å²) in [5, 5.41) is 15.7. The summed E-state index contributed by atoms with van der Waals surface area (Å²) in [5.41, 5.74) is 4.80. The van der Waals surface area contributed by atoms with Crippen molar-refractivity contribution >= 4 is 34.8 Å². The molecule has 0 aliphatic carbocycles. The van der Waals surface area contributed by atoms with Crippen molar-refractivity contribution < 1.29 is 14.3 Å². The van der Waals surface area contributed by atoms with Gasteiger partial charge in [-0.2, -0.15) is 10.2 Å². The zero-order chi connectivity index (χ0) is 23.1. The van der Waals surface area contributed by atoms with E-state index in [0.717, 1.165) is 16.8 Å². The number of nitrogens with one attached hydrogen (secondary N) is 2. The highest BCUT2D eigenvalue weighted by molar-refractivity contribution is 6.35. The Hall–Kier alpha value is -3.49. The number of H-pyrrole nitrogens is 1. The molecule has 0 radical (unpaired) electrons. The molecule has 3 heterocycles. The Morgan fingerprint density at radius 3 is 2.76 bits per heavy atom. The van der Waals surface area contributed by atoms with Gasteiger partial charge < -0.3 is 14.8 Å². The van der Waals surface area contributed by atoms with Gasteiger partial charge in [0.1, 0.15) is 5.69 Å². The third kappa shape index (κ3) is 4.15. The van der Waals surface area contributed by atoms with Crippen molar-refractivity contribution in [3.63, 3.8) is 0 Å². The van der Waals surface area contributed by atoms with Crippen LogP contribution in [0.2, 0.25) is 10.0 Å². The minimum atomic E-state index is -0.315. The lowest BCUT2D eigenvalue weighted by atomic mass is 10.1. The van der Waals surface area contributed by atoms with E-state index in [0.29, 0.717) is 50.9 Å². The fraction of sp³-hybridized carbons (Fsp3) is 0.174. The van der Waals surface area contributed by atoms with E-state index in [1.807, 2.05) is 38.1 Å². The van der Waals surface area contributed by atoms with E-state index in [4.69, 9.17) is 32.7 Å². The molecular formula is C23H19Cl2N5O3. The molecule has 0 saturated carbocycles. The number of rotatable bonds is 5. The van der Waals surface area contributed by atoms with Gasteiger partial charge >= 0.3 is 0 Å². The molecule has 10 heteroatoms. The molecule has 0 unspecified atom stereocenters. The fourth-order valence-electron chi connectivity index (χ4n) is 3.67. The van der Waals surface area contributed by atoms with Crippen LogP contribution in [0.5, 0.6) is 11.5 Å². The maximum absolute atomic E-state index is 12.9. The molecule has 33 heavy (non-hydrogen) atoms. The van der Waals surface area contributed by atoms with Crippen molar-refractivity contribution in [2.75, 3.05) is 12.1 Å². The van der Waals surface area contributed by atoms with E-state index in [9.17, 15) is 4.79 Å². The number of aromatic amines is 1. The quantitative estimate of drug-likeness (QED) is 0.405. The molecule has 0 saturated heterocycles. The first kappa shape index (κ1) is 21.4. The molecule has 2 aromatic heterocycles. The lowest BCUT2D eigenvalue weighted by Crippen LogP contribution is -2.14. The van der Waals surface area contributed by atoms with E-state index < -0.39 is 0 Å². The summed E-state index contributed by atoms with van der Waals surface area (Å²) in [4.78, 5) is 12.9. The Balaban J connectivity index is 1.34. The molecule has 0 bridgehead atoms. The van der Waals surface area contributed by atoms with Gasteiger partial charge in [0.15, 0.2) is 11.5 Å². The molecular weight excluding hydrogens is 465 g/mol. The number of hydrogen-bond acceptors (Lipinski definition) is 5. The number of fused-ring (bicyclic) bond motifs is 1. The summed E-state index contributed by atoms with van der Waals surface area (Å²) in [6.07, 6.45) is 0. The third-order valence-electron chi connectivity index (χ3n) is 5.45. The summed E-state index contributed by atoms with van der Waals surface area (Å²) in [5.74, 6) is 1.03. The van der Waals surface area contributed by atoms with Gasteiger partial charge in [0.2, 0.25) is 6.79 Å². The number of hydrogen-bond donors (Lipinski definition) is 2. The van der Waals surface area contributed by atoms with Crippen LogP contribution in [0.15, 0.2) is 42.5 Å². The van der Waals surface area contributed by atoms with Crippen molar-refractivity contribution in [3.8, 4) is 22.8 Å². The lowest BCUT2D eigenvalue weighted by Gasteiger charge is -2.08. The molecule has 0 spiro atoms. The van der Waals surface area contributed by atoms with Gasteiger partial charge in [-0.3, -0.25) is 14.6 Å². The van der Waals surface area contributed by atoms with E-state index in [1.165, 1.54) is 0 Å². The zero-order valence-electron chi connectivity index (χ0n) is 17.8. The van der Waals surface area contributed by atoms with E-state index >= 15 is 0 Å². The van der Waals surface area contributed by atoms with Gasteiger partial charge in [-0.05, 0) is 55.8 Å². The highest BCUT2D eigenvalue weighted by atomic mass is 35.5. The number of benzene rings is 2. The highest BCUT2D eigenvalue weighted by Gasteiger charge is 2.19. The van der Waals surface area contributed by atoms with E-state index in [1.54, 1.807) is 22.9 Å². The van der Waals surface area contributed by atoms with Crippen LogP contribution in [0, 0.1) is 13.8 Å². The molecule has 2 aromatic carbocycles. The second-order valence-electron chi connectivity index (χ2n) is 7.63. The molecule has 8 nitrogen and oxygen atoms in total. The standard InChI is InChI=1S/C23H19Cl2N5O3/c1-12-22(13(2)30(29-12)10-15-3-5-16(24)8-17(15)25)26-23(31)19-9-18(27-28-19)14-4-6-20-21(7-14)33-11-32-20/h3-9H,10-11H2,1-2H3,(H,26,31)(H,27,28). The highest BCUT2D eigenvalue weighted by Crippen LogP contribution is 2.35. The number of anilines is 1. The van der Waals surface area contributed by atoms with Crippen molar-refractivity contribution in [3.05, 3.63) is 75.2 Å². The average Bonchev–Trinajstić information content (AvgIpc) is 3.51. The van der Waals surface area contributed by atoms with Crippen LogP contribution in [0.25, 0.3) is 11.3 Å². The van der Waals surface area contributed by atoms with Gasteiger partial charge in [-0.15, -0.1) is 0 Å². The van der Waals surface area contributed by atoms with E-state index in [-0.39, 0.29) is 12.7 Å². The largest absolute Gasteiger partial charge is 0.454 e. The first-order valence-electron chi connectivity index (χ1n) is 10.1. The number of aryl methyl sites for hydroxylation is 1. The second-order valence-corrected chi connectivity index (χ2v) is 8.47. The minimum Gasteiger partial charge on any atom is -0.454 e. The molecule has 0 atom stereocenters. The zero-order valence-corrected chi connectivity index (χ0v) is 19.3.